The number of hydrogen-bond acceptors (Lipinski definition) is 3. The van der Waals surface area contributed by atoms with Crippen LogP contribution in [0.25, 0.3) is 0 Å². The third kappa shape index (κ3) is 2.39. The van der Waals surface area contributed by atoms with Crippen molar-refractivity contribution in [2.75, 3.05) is 18.0 Å². The van der Waals surface area contributed by atoms with E-state index in [2.05, 4.69) is 52.1 Å². The summed E-state index contributed by atoms with van der Waals surface area (Å²) in [5.41, 5.74) is 4.19. The molecule has 0 amide bonds. The minimum atomic E-state index is 0.609. The normalized spacial score (nSPS) is 21.9. The first-order chi connectivity index (χ1) is 10.8. The van der Waals surface area contributed by atoms with Crippen LogP contribution in [-0.4, -0.2) is 23.1 Å². The Hall–Kier alpha value is -1.90. The van der Waals surface area contributed by atoms with E-state index in [1.807, 2.05) is 0 Å². The third-order valence-corrected chi connectivity index (χ3v) is 5.32. The first kappa shape index (κ1) is 13.7. The van der Waals surface area contributed by atoms with Gasteiger partial charge in [-0.15, -0.1) is 0 Å². The van der Waals surface area contributed by atoms with Gasteiger partial charge in [-0.25, -0.2) is 9.97 Å². The number of fused-ring (bicyclic) bond motifs is 1. The summed E-state index contributed by atoms with van der Waals surface area (Å²) in [5.74, 6) is 2.52. The molecule has 2 aliphatic rings. The molecule has 0 unspecified atom stereocenters. The van der Waals surface area contributed by atoms with Gasteiger partial charge in [0.05, 0.1) is 0 Å². The highest BCUT2D eigenvalue weighted by Gasteiger charge is 2.29. The first-order valence-electron chi connectivity index (χ1n) is 8.46. The van der Waals surface area contributed by atoms with Crippen molar-refractivity contribution in [1.29, 1.82) is 0 Å². The second-order valence-electron chi connectivity index (χ2n) is 6.67. The topological polar surface area (TPSA) is 29.0 Å². The van der Waals surface area contributed by atoms with Gasteiger partial charge in [0.2, 0.25) is 0 Å². The molecule has 0 bridgehead atoms. The maximum atomic E-state index is 4.64. The van der Waals surface area contributed by atoms with E-state index in [-0.39, 0.29) is 0 Å². The minimum absolute atomic E-state index is 0.609. The fourth-order valence-electron chi connectivity index (χ4n) is 4.02. The average Bonchev–Trinajstić information content (AvgIpc) is 2.97. The minimum Gasteiger partial charge on any atom is -0.356 e. The lowest BCUT2D eigenvalue weighted by Crippen LogP contribution is -2.34. The lowest BCUT2D eigenvalue weighted by molar-refractivity contribution is 0.501. The molecule has 0 spiro atoms. The molecule has 2 heterocycles. The van der Waals surface area contributed by atoms with Crippen LogP contribution in [0.3, 0.4) is 0 Å². The zero-order chi connectivity index (χ0) is 14.9. The van der Waals surface area contributed by atoms with Crippen LogP contribution in [0.1, 0.15) is 54.8 Å². The lowest BCUT2D eigenvalue weighted by Gasteiger charge is -2.34. The van der Waals surface area contributed by atoms with Crippen LogP contribution in [-0.2, 0) is 6.42 Å². The second kappa shape index (κ2) is 5.71. The molecule has 1 saturated heterocycles. The van der Waals surface area contributed by atoms with Gasteiger partial charge in [0.1, 0.15) is 12.1 Å². The molecule has 114 valence electrons. The SMILES string of the molecule is C[C@@H]1CCc2ncnc(N3CCC(c4ccccc4)CC3)c21. The predicted molar refractivity (Wildman–Crippen MR) is 89.4 cm³/mol. The Morgan fingerprint density at radius 1 is 1.00 bits per heavy atom. The van der Waals surface area contributed by atoms with Crippen LogP contribution in [0.2, 0.25) is 0 Å². The van der Waals surface area contributed by atoms with Gasteiger partial charge in [-0.3, -0.25) is 0 Å². The number of nitrogens with zero attached hydrogens (tertiary/aromatic N) is 3. The van der Waals surface area contributed by atoms with Crippen LogP contribution in [0, 0.1) is 0 Å². The van der Waals surface area contributed by atoms with Gasteiger partial charge in [0.15, 0.2) is 0 Å². The van der Waals surface area contributed by atoms with Gasteiger partial charge < -0.3 is 4.90 Å². The highest BCUT2D eigenvalue weighted by molar-refractivity contribution is 5.52. The highest BCUT2D eigenvalue weighted by atomic mass is 15.2. The highest BCUT2D eigenvalue weighted by Crippen LogP contribution is 2.39. The summed E-state index contributed by atoms with van der Waals surface area (Å²) in [5, 5.41) is 0. The maximum Gasteiger partial charge on any atom is 0.135 e. The molecular formula is C19H23N3. The summed E-state index contributed by atoms with van der Waals surface area (Å²) in [4.78, 5) is 11.6. The second-order valence-corrected chi connectivity index (χ2v) is 6.67. The number of rotatable bonds is 2. The Kier molecular flexibility index (Phi) is 3.57. The molecule has 1 aliphatic heterocycles. The Labute approximate surface area is 132 Å². The van der Waals surface area contributed by atoms with Crippen molar-refractivity contribution in [2.24, 2.45) is 0 Å². The predicted octanol–water partition coefficient (Wildman–Crippen LogP) is 3.91. The Morgan fingerprint density at radius 3 is 2.55 bits per heavy atom. The quantitative estimate of drug-likeness (QED) is 0.840. The average molecular weight is 293 g/mol. The molecule has 0 saturated carbocycles. The van der Waals surface area contributed by atoms with E-state index in [0.29, 0.717) is 11.8 Å². The van der Waals surface area contributed by atoms with E-state index in [9.17, 15) is 0 Å². The zero-order valence-electron chi connectivity index (χ0n) is 13.2. The standard InChI is InChI=1S/C19H23N3/c1-14-7-8-17-18(14)19(21-13-20-17)22-11-9-16(10-12-22)15-5-3-2-4-6-15/h2-6,13-14,16H,7-12H2,1H3/t14-/m1/s1. The number of aromatic nitrogens is 2. The van der Waals surface area contributed by atoms with Crippen LogP contribution in [0.5, 0.6) is 0 Å². The smallest absolute Gasteiger partial charge is 0.135 e. The van der Waals surface area contributed by atoms with Crippen molar-refractivity contribution in [3.05, 3.63) is 53.5 Å². The molecule has 1 aliphatic carbocycles. The van der Waals surface area contributed by atoms with Crippen molar-refractivity contribution in [2.45, 2.75) is 44.4 Å². The summed E-state index contributed by atoms with van der Waals surface area (Å²) >= 11 is 0. The molecule has 4 rings (SSSR count). The van der Waals surface area contributed by atoms with E-state index in [0.717, 1.165) is 19.5 Å². The van der Waals surface area contributed by atoms with Gasteiger partial charge in [0, 0.05) is 24.3 Å². The number of aryl methyl sites for hydroxylation is 1. The molecule has 0 radical (unpaired) electrons. The van der Waals surface area contributed by atoms with Crippen molar-refractivity contribution in [3.8, 4) is 0 Å². The first-order valence-corrected chi connectivity index (χ1v) is 8.46. The molecule has 2 aromatic rings. The van der Waals surface area contributed by atoms with Crippen LogP contribution < -0.4 is 4.90 Å². The molecule has 22 heavy (non-hydrogen) atoms. The van der Waals surface area contributed by atoms with Crippen LogP contribution >= 0.6 is 0 Å². The van der Waals surface area contributed by atoms with Crippen molar-refractivity contribution >= 4 is 5.82 Å². The Balaban J connectivity index is 1.52. The van der Waals surface area contributed by atoms with Crippen molar-refractivity contribution < 1.29 is 0 Å². The lowest BCUT2D eigenvalue weighted by atomic mass is 9.89. The van der Waals surface area contributed by atoms with E-state index in [4.69, 9.17) is 0 Å². The Bertz CT molecular complexity index is 645. The van der Waals surface area contributed by atoms with E-state index in [1.165, 1.54) is 41.9 Å². The van der Waals surface area contributed by atoms with Gasteiger partial charge in [-0.2, -0.15) is 0 Å². The molecular weight excluding hydrogens is 270 g/mol. The van der Waals surface area contributed by atoms with Gasteiger partial charge in [-0.1, -0.05) is 37.3 Å². The Morgan fingerprint density at radius 2 is 1.77 bits per heavy atom. The summed E-state index contributed by atoms with van der Waals surface area (Å²) in [6.07, 6.45) is 6.54. The molecule has 1 atom stereocenters. The summed E-state index contributed by atoms with van der Waals surface area (Å²) in [7, 11) is 0. The van der Waals surface area contributed by atoms with Gasteiger partial charge in [-0.05, 0) is 43.1 Å². The van der Waals surface area contributed by atoms with Crippen molar-refractivity contribution in [3.63, 3.8) is 0 Å². The number of piperidine rings is 1. The molecule has 3 heteroatoms. The molecule has 0 N–H and O–H groups in total. The molecule has 3 nitrogen and oxygen atoms in total. The number of anilines is 1. The van der Waals surface area contributed by atoms with Crippen LogP contribution in [0.15, 0.2) is 36.7 Å². The molecule has 1 aromatic heterocycles. The number of benzene rings is 1. The van der Waals surface area contributed by atoms with Crippen molar-refractivity contribution in [1.82, 2.24) is 9.97 Å². The zero-order valence-corrected chi connectivity index (χ0v) is 13.2. The molecule has 1 fully saturated rings. The van der Waals surface area contributed by atoms with E-state index < -0.39 is 0 Å². The fourth-order valence-corrected chi connectivity index (χ4v) is 4.02. The summed E-state index contributed by atoms with van der Waals surface area (Å²) in [6.45, 7) is 4.53. The third-order valence-electron chi connectivity index (χ3n) is 5.32. The summed E-state index contributed by atoms with van der Waals surface area (Å²) < 4.78 is 0. The molecule has 1 aromatic carbocycles. The van der Waals surface area contributed by atoms with E-state index in [1.54, 1.807) is 6.33 Å². The van der Waals surface area contributed by atoms with Gasteiger partial charge >= 0.3 is 0 Å². The van der Waals surface area contributed by atoms with Gasteiger partial charge in [0.25, 0.3) is 0 Å². The fraction of sp³-hybridized carbons (Fsp3) is 0.474. The van der Waals surface area contributed by atoms with Crippen LogP contribution in [0.4, 0.5) is 5.82 Å². The van der Waals surface area contributed by atoms with E-state index >= 15 is 0 Å². The summed E-state index contributed by atoms with van der Waals surface area (Å²) in [6, 6.07) is 10.9. The maximum absolute atomic E-state index is 4.64. The number of hydrogen-bond donors (Lipinski definition) is 0. The largest absolute Gasteiger partial charge is 0.356 e. The monoisotopic (exact) mass is 293 g/mol.